The van der Waals surface area contributed by atoms with Gasteiger partial charge in [-0.1, -0.05) is 0 Å². The van der Waals surface area contributed by atoms with E-state index in [-0.39, 0.29) is 44.9 Å². The number of aliphatic hydroxyl groups is 1. The van der Waals surface area contributed by atoms with Gasteiger partial charge in [0.25, 0.3) is 5.95 Å². The summed E-state index contributed by atoms with van der Waals surface area (Å²) in [5.74, 6) is -0.713. The number of nitrogens with zero attached hydrogens (tertiary/aromatic N) is 3. The molecule has 0 unspecified atom stereocenters. The fourth-order valence-corrected chi connectivity index (χ4v) is 4.39. The summed E-state index contributed by atoms with van der Waals surface area (Å²) in [6, 6.07) is 0.655. The van der Waals surface area contributed by atoms with Gasteiger partial charge >= 0.3 is 12.2 Å². The number of likely N-dealkylation sites (tertiary alicyclic amines) is 2. The fraction of sp³-hybridized carbons (Fsp3) is 0.720. The van der Waals surface area contributed by atoms with Gasteiger partial charge < -0.3 is 19.3 Å². The number of carbonyl (C=O) groups is 2. The third-order valence-electron chi connectivity index (χ3n) is 5.43. The Kier molecular flexibility index (Phi) is 11.3. The van der Waals surface area contributed by atoms with E-state index in [0.717, 1.165) is 0 Å². The van der Waals surface area contributed by atoms with Crippen LogP contribution in [0.1, 0.15) is 54.4 Å². The molecular formula is C25H37F3IN3O6. The molecule has 216 valence electrons. The van der Waals surface area contributed by atoms with E-state index in [1.165, 1.54) is 16.0 Å². The van der Waals surface area contributed by atoms with Gasteiger partial charge in [0.1, 0.15) is 30.2 Å². The van der Waals surface area contributed by atoms with Crippen molar-refractivity contribution in [3.05, 3.63) is 21.8 Å². The SMILES string of the molecule is CC(C)(C)OC(=O)N1C[C@@H](F)C[C@H]1CO.CC(C)(C)OC(=O)N1C[C@@H](F)C[C@H]1COc1c(I)ccnc1F. The number of hydrogen-bond donors (Lipinski definition) is 1. The molecule has 2 amide bonds. The maximum atomic E-state index is 13.7. The Morgan fingerprint density at radius 3 is 1.92 bits per heavy atom. The number of carbonyl (C=O) groups excluding carboxylic acids is 2. The third-order valence-corrected chi connectivity index (χ3v) is 6.28. The quantitative estimate of drug-likeness (QED) is 0.364. The lowest BCUT2D eigenvalue weighted by atomic mass is 10.2. The van der Waals surface area contributed by atoms with Crippen molar-refractivity contribution in [2.75, 3.05) is 26.3 Å². The smallest absolute Gasteiger partial charge is 0.410 e. The largest absolute Gasteiger partial charge is 0.486 e. The summed E-state index contributed by atoms with van der Waals surface area (Å²) in [5, 5.41) is 8.99. The van der Waals surface area contributed by atoms with E-state index in [9.17, 15) is 22.8 Å². The Morgan fingerprint density at radius 1 is 1.00 bits per heavy atom. The van der Waals surface area contributed by atoms with Gasteiger partial charge in [0.05, 0.1) is 35.4 Å². The summed E-state index contributed by atoms with van der Waals surface area (Å²) in [7, 11) is 0. The third kappa shape index (κ3) is 9.93. The van der Waals surface area contributed by atoms with Crippen LogP contribution in [-0.4, -0.2) is 94.0 Å². The summed E-state index contributed by atoms with van der Waals surface area (Å²) < 4.78 is 56.8. The molecule has 2 aliphatic rings. The molecule has 2 fully saturated rings. The maximum absolute atomic E-state index is 13.7. The molecular weight excluding hydrogens is 622 g/mol. The molecule has 3 heterocycles. The molecule has 2 aliphatic heterocycles. The number of alkyl halides is 2. The van der Waals surface area contributed by atoms with E-state index in [2.05, 4.69) is 4.98 Å². The van der Waals surface area contributed by atoms with E-state index in [0.29, 0.717) is 3.57 Å². The Hall–Kier alpha value is -2.03. The van der Waals surface area contributed by atoms with Gasteiger partial charge in [-0.05, 0) is 70.2 Å². The zero-order chi connectivity index (χ0) is 28.8. The molecule has 4 atom stereocenters. The summed E-state index contributed by atoms with van der Waals surface area (Å²) in [6.07, 6.45) is -1.68. The van der Waals surface area contributed by atoms with Crippen molar-refractivity contribution in [1.82, 2.24) is 14.8 Å². The van der Waals surface area contributed by atoms with Gasteiger partial charge in [-0.15, -0.1) is 0 Å². The first kappa shape index (κ1) is 32.2. The summed E-state index contributed by atoms with van der Waals surface area (Å²) in [5.41, 5.74) is -1.26. The van der Waals surface area contributed by atoms with Crippen molar-refractivity contribution in [1.29, 1.82) is 0 Å². The van der Waals surface area contributed by atoms with Crippen molar-refractivity contribution in [2.24, 2.45) is 0 Å². The van der Waals surface area contributed by atoms with Gasteiger partial charge in [0, 0.05) is 19.0 Å². The van der Waals surface area contributed by atoms with Crippen LogP contribution < -0.4 is 4.74 Å². The molecule has 2 saturated heterocycles. The molecule has 0 saturated carbocycles. The zero-order valence-corrected chi connectivity index (χ0v) is 24.7. The van der Waals surface area contributed by atoms with Crippen LogP contribution in [-0.2, 0) is 9.47 Å². The number of aliphatic hydroxyl groups excluding tert-OH is 1. The Bertz CT molecular complexity index is 939. The average Bonchev–Trinajstić information content (AvgIpc) is 3.33. The summed E-state index contributed by atoms with van der Waals surface area (Å²) >= 11 is 1.93. The minimum absolute atomic E-state index is 0.0135. The lowest BCUT2D eigenvalue weighted by molar-refractivity contribution is 0.0165. The molecule has 13 heteroatoms. The van der Waals surface area contributed by atoms with Crippen LogP contribution in [0.15, 0.2) is 12.3 Å². The first-order valence-electron chi connectivity index (χ1n) is 12.3. The van der Waals surface area contributed by atoms with Crippen LogP contribution in [0.4, 0.5) is 22.8 Å². The van der Waals surface area contributed by atoms with Crippen LogP contribution in [0.3, 0.4) is 0 Å². The van der Waals surface area contributed by atoms with E-state index >= 15 is 0 Å². The van der Waals surface area contributed by atoms with E-state index in [4.69, 9.17) is 19.3 Å². The summed E-state index contributed by atoms with van der Waals surface area (Å²) in [6.45, 7) is 10.2. The standard InChI is InChI=1S/C15H19F2IN2O3.C10H18FNO3/c1-15(2,3)23-14(21)20-7-9(16)6-10(20)8-22-12-11(18)4-5-19-13(12)17;1-10(2,3)15-9(14)12-5-7(11)4-8(12)6-13/h4-5,9-10H,6-8H2,1-3H3;7-8,13H,4-6H2,1-3H3/t9-,10-;7-,8-/m00/s1. The molecule has 1 N–H and O–H groups in total. The Labute approximate surface area is 235 Å². The molecule has 0 radical (unpaired) electrons. The molecule has 38 heavy (non-hydrogen) atoms. The molecule has 3 rings (SSSR count). The highest BCUT2D eigenvalue weighted by Gasteiger charge is 2.39. The molecule has 0 spiro atoms. The molecule has 1 aromatic heterocycles. The number of hydrogen-bond acceptors (Lipinski definition) is 7. The molecule has 0 aromatic carbocycles. The highest BCUT2D eigenvalue weighted by molar-refractivity contribution is 14.1. The van der Waals surface area contributed by atoms with Crippen molar-refractivity contribution in [3.8, 4) is 5.75 Å². The van der Waals surface area contributed by atoms with Crippen LogP contribution >= 0.6 is 22.6 Å². The molecule has 0 aliphatic carbocycles. The van der Waals surface area contributed by atoms with Crippen LogP contribution in [0.2, 0.25) is 0 Å². The van der Waals surface area contributed by atoms with Crippen molar-refractivity contribution in [2.45, 2.75) is 90.0 Å². The van der Waals surface area contributed by atoms with Crippen LogP contribution in [0.25, 0.3) is 0 Å². The van der Waals surface area contributed by atoms with Gasteiger partial charge in [-0.2, -0.15) is 4.39 Å². The minimum atomic E-state index is -1.14. The van der Waals surface area contributed by atoms with Gasteiger partial charge in [0.2, 0.25) is 0 Å². The van der Waals surface area contributed by atoms with Crippen molar-refractivity contribution in [3.63, 3.8) is 0 Å². The highest BCUT2D eigenvalue weighted by atomic mass is 127. The normalized spacial score (nSPS) is 23.6. The first-order chi connectivity index (χ1) is 17.5. The lowest BCUT2D eigenvalue weighted by Crippen LogP contribution is -2.42. The van der Waals surface area contributed by atoms with E-state index in [1.54, 1.807) is 47.6 Å². The summed E-state index contributed by atoms with van der Waals surface area (Å²) in [4.78, 5) is 29.8. The van der Waals surface area contributed by atoms with Gasteiger partial charge in [0.15, 0.2) is 5.75 Å². The number of aromatic nitrogens is 1. The Morgan fingerprint density at radius 2 is 1.47 bits per heavy atom. The number of amides is 2. The molecule has 9 nitrogen and oxygen atoms in total. The van der Waals surface area contributed by atoms with Crippen LogP contribution in [0.5, 0.6) is 5.75 Å². The minimum Gasteiger partial charge on any atom is -0.486 e. The molecule has 0 bridgehead atoms. The lowest BCUT2D eigenvalue weighted by Gasteiger charge is -2.28. The second-order valence-electron chi connectivity index (χ2n) is 11.1. The second-order valence-corrected chi connectivity index (χ2v) is 12.3. The van der Waals surface area contributed by atoms with Gasteiger partial charge in [-0.3, -0.25) is 9.80 Å². The Balaban J connectivity index is 0.000000293. The number of pyridine rings is 1. The number of rotatable bonds is 4. The predicted molar refractivity (Wildman–Crippen MR) is 142 cm³/mol. The van der Waals surface area contributed by atoms with Crippen molar-refractivity contribution < 1.29 is 42.1 Å². The number of ether oxygens (including phenoxy) is 3. The maximum Gasteiger partial charge on any atom is 0.410 e. The van der Waals surface area contributed by atoms with E-state index in [1.807, 2.05) is 22.6 Å². The average molecular weight is 659 g/mol. The zero-order valence-electron chi connectivity index (χ0n) is 22.5. The second kappa shape index (κ2) is 13.4. The fourth-order valence-electron chi connectivity index (χ4n) is 3.85. The predicted octanol–water partition coefficient (Wildman–Crippen LogP) is 4.88. The van der Waals surface area contributed by atoms with E-state index < -0.39 is 53.8 Å². The number of halogens is 4. The van der Waals surface area contributed by atoms with Crippen molar-refractivity contribution >= 4 is 34.8 Å². The topological polar surface area (TPSA) is 101 Å². The monoisotopic (exact) mass is 659 g/mol. The van der Waals surface area contributed by atoms with Gasteiger partial charge in [-0.25, -0.2) is 23.4 Å². The first-order valence-corrected chi connectivity index (χ1v) is 13.4. The highest BCUT2D eigenvalue weighted by Crippen LogP contribution is 2.27. The molecule has 1 aromatic rings. The van der Waals surface area contributed by atoms with Crippen LogP contribution in [0, 0.1) is 9.52 Å².